The fourth-order valence-electron chi connectivity index (χ4n) is 2.11. The van der Waals surface area contributed by atoms with Crippen molar-refractivity contribution in [3.8, 4) is 0 Å². The maximum Gasteiger partial charge on any atom is 0.295 e. The monoisotopic (exact) mass is 267 g/mol. The van der Waals surface area contributed by atoms with Gasteiger partial charge in [-0.25, -0.2) is 0 Å². The van der Waals surface area contributed by atoms with E-state index in [4.69, 9.17) is 5.73 Å². The quantitative estimate of drug-likeness (QED) is 0.585. The molecular formula is C10H17N7O2. The van der Waals surface area contributed by atoms with Gasteiger partial charge in [-0.05, 0) is 18.1 Å². The van der Waals surface area contributed by atoms with Crippen molar-refractivity contribution < 1.29 is 9.59 Å². The molecule has 0 aliphatic carbocycles. The van der Waals surface area contributed by atoms with E-state index in [2.05, 4.69) is 25.9 Å². The van der Waals surface area contributed by atoms with Gasteiger partial charge >= 0.3 is 0 Å². The molecule has 1 fully saturated rings. The Morgan fingerprint density at radius 2 is 2.37 bits per heavy atom. The van der Waals surface area contributed by atoms with Crippen LogP contribution >= 0.6 is 0 Å². The van der Waals surface area contributed by atoms with Crippen molar-refractivity contribution in [2.24, 2.45) is 11.7 Å². The summed E-state index contributed by atoms with van der Waals surface area (Å²) in [6.07, 6.45) is 1.55. The van der Waals surface area contributed by atoms with Crippen LogP contribution in [0.3, 0.4) is 0 Å². The molecule has 2 heterocycles. The van der Waals surface area contributed by atoms with E-state index in [9.17, 15) is 9.59 Å². The highest BCUT2D eigenvalue weighted by Crippen LogP contribution is 2.17. The molecule has 9 nitrogen and oxygen atoms in total. The number of carbonyl (C=O) groups excluding carboxylic acids is 2. The molecule has 1 aliphatic rings. The molecule has 1 aromatic heterocycles. The standard InChI is InChI=1S/C10H17N7O2/c11-3-4-12-9(18)7-2-1-5-17(6-7)10(19)8-13-15-16-14-8/h7H,1-6,11H2,(H,12,18)(H,13,14,15,16). The van der Waals surface area contributed by atoms with Crippen LogP contribution in [0.2, 0.25) is 0 Å². The number of nitrogens with zero attached hydrogens (tertiary/aromatic N) is 4. The van der Waals surface area contributed by atoms with E-state index < -0.39 is 0 Å². The summed E-state index contributed by atoms with van der Waals surface area (Å²) in [5.41, 5.74) is 5.34. The summed E-state index contributed by atoms with van der Waals surface area (Å²) in [7, 11) is 0. The third-order valence-corrected chi connectivity index (χ3v) is 3.06. The fraction of sp³-hybridized carbons (Fsp3) is 0.700. The third kappa shape index (κ3) is 3.25. The highest BCUT2D eigenvalue weighted by atomic mass is 16.2. The molecule has 0 spiro atoms. The first kappa shape index (κ1) is 13.4. The van der Waals surface area contributed by atoms with E-state index in [1.165, 1.54) is 0 Å². The van der Waals surface area contributed by atoms with Gasteiger partial charge in [-0.2, -0.15) is 5.21 Å². The molecule has 0 bridgehead atoms. The Bertz CT molecular complexity index is 433. The van der Waals surface area contributed by atoms with E-state index in [1.54, 1.807) is 4.90 Å². The summed E-state index contributed by atoms with van der Waals surface area (Å²) in [4.78, 5) is 25.5. The second-order valence-electron chi connectivity index (χ2n) is 4.41. The summed E-state index contributed by atoms with van der Waals surface area (Å²) in [6.45, 7) is 1.84. The smallest absolute Gasteiger partial charge is 0.295 e. The number of aromatic nitrogens is 4. The number of likely N-dealkylation sites (tertiary alicyclic amines) is 1. The molecule has 4 N–H and O–H groups in total. The summed E-state index contributed by atoms with van der Waals surface area (Å²) in [6, 6.07) is 0. The number of nitrogens with two attached hydrogens (primary N) is 1. The molecular weight excluding hydrogens is 250 g/mol. The molecule has 2 amide bonds. The van der Waals surface area contributed by atoms with Crippen LogP contribution in [0.15, 0.2) is 0 Å². The molecule has 9 heteroatoms. The minimum atomic E-state index is -0.301. The third-order valence-electron chi connectivity index (χ3n) is 3.06. The van der Waals surface area contributed by atoms with Gasteiger partial charge in [0.1, 0.15) is 0 Å². The van der Waals surface area contributed by atoms with Gasteiger partial charge in [0.2, 0.25) is 5.91 Å². The lowest BCUT2D eigenvalue weighted by Gasteiger charge is -2.31. The van der Waals surface area contributed by atoms with E-state index in [-0.39, 0.29) is 23.6 Å². The summed E-state index contributed by atoms with van der Waals surface area (Å²) < 4.78 is 0. The minimum Gasteiger partial charge on any atom is -0.355 e. The van der Waals surface area contributed by atoms with Crippen LogP contribution in [-0.4, -0.2) is 63.5 Å². The zero-order chi connectivity index (χ0) is 13.7. The largest absolute Gasteiger partial charge is 0.355 e. The van der Waals surface area contributed by atoms with Crippen LogP contribution in [0.5, 0.6) is 0 Å². The van der Waals surface area contributed by atoms with Crippen molar-refractivity contribution in [1.82, 2.24) is 30.8 Å². The number of aromatic amines is 1. The summed E-state index contributed by atoms with van der Waals surface area (Å²) in [5.74, 6) is -0.527. The van der Waals surface area contributed by atoms with Gasteiger partial charge in [-0.3, -0.25) is 9.59 Å². The lowest BCUT2D eigenvalue weighted by molar-refractivity contribution is -0.126. The first-order valence-electron chi connectivity index (χ1n) is 6.23. The number of tetrazole rings is 1. The maximum atomic E-state index is 12.0. The number of rotatable bonds is 4. The van der Waals surface area contributed by atoms with Crippen molar-refractivity contribution in [1.29, 1.82) is 0 Å². The van der Waals surface area contributed by atoms with Crippen molar-refractivity contribution in [3.63, 3.8) is 0 Å². The average Bonchev–Trinajstić information content (AvgIpc) is 2.98. The molecule has 0 aromatic carbocycles. The maximum absolute atomic E-state index is 12.0. The van der Waals surface area contributed by atoms with E-state index in [0.29, 0.717) is 26.2 Å². The van der Waals surface area contributed by atoms with Crippen LogP contribution in [0.25, 0.3) is 0 Å². The number of carbonyl (C=O) groups is 2. The Labute approximate surface area is 109 Å². The normalized spacial score (nSPS) is 19.2. The number of piperidine rings is 1. The van der Waals surface area contributed by atoms with Crippen LogP contribution in [0.4, 0.5) is 0 Å². The summed E-state index contributed by atoms with van der Waals surface area (Å²) in [5, 5.41) is 15.7. The Balaban J connectivity index is 1.93. The Morgan fingerprint density at radius 3 is 3.05 bits per heavy atom. The number of hydrogen-bond donors (Lipinski definition) is 3. The molecule has 2 rings (SSSR count). The van der Waals surface area contributed by atoms with Gasteiger partial charge in [0, 0.05) is 26.2 Å². The number of hydrogen-bond acceptors (Lipinski definition) is 6. The van der Waals surface area contributed by atoms with Crippen molar-refractivity contribution in [3.05, 3.63) is 5.82 Å². The fourth-order valence-corrected chi connectivity index (χ4v) is 2.11. The van der Waals surface area contributed by atoms with Crippen LogP contribution in [0, 0.1) is 5.92 Å². The molecule has 19 heavy (non-hydrogen) atoms. The van der Waals surface area contributed by atoms with Crippen LogP contribution in [-0.2, 0) is 4.79 Å². The van der Waals surface area contributed by atoms with Crippen molar-refractivity contribution in [2.75, 3.05) is 26.2 Å². The molecule has 0 saturated carbocycles. The molecule has 1 saturated heterocycles. The highest BCUT2D eigenvalue weighted by molar-refractivity contribution is 5.90. The van der Waals surface area contributed by atoms with Crippen LogP contribution < -0.4 is 11.1 Å². The molecule has 104 valence electrons. The van der Waals surface area contributed by atoms with Gasteiger partial charge in [-0.1, -0.05) is 0 Å². The highest BCUT2D eigenvalue weighted by Gasteiger charge is 2.30. The zero-order valence-electron chi connectivity index (χ0n) is 10.5. The van der Waals surface area contributed by atoms with Crippen molar-refractivity contribution in [2.45, 2.75) is 12.8 Å². The van der Waals surface area contributed by atoms with Crippen molar-refractivity contribution >= 4 is 11.8 Å². The molecule has 1 aliphatic heterocycles. The Kier molecular flexibility index (Phi) is 4.39. The SMILES string of the molecule is NCCNC(=O)C1CCCN(C(=O)c2nn[nH]n2)C1. The second-order valence-corrected chi connectivity index (χ2v) is 4.41. The molecule has 0 radical (unpaired) electrons. The topological polar surface area (TPSA) is 130 Å². The first-order chi connectivity index (χ1) is 9.22. The van der Waals surface area contributed by atoms with E-state index in [0.717, 1.165) is 12.8 Å². The molecule has 1 unspecified atom stereocenters. The molecule has 1 atom stereocenters. The minimum absolute atomic E-state index is 0.0306. The van der Waals surface area contributed by atoms with Gasteiger partial charge in [0.15, 0.2) is 0 Å². The average molecular weight is 267 g/mol. The van der Waals surface area contributed by atoms with E-state index >= 15 is 0 Å². The lowest BCUT2D eigenvalue weighted by Crippen LogP contribution is -2.46. The number of H-pyrrole nitrogens is 1. The zero-order valence-corrected chi connectivity index (χ0v) is 10.5. The predicted molar refractivity (Wildman–Crippen MR) is 64.9 cm³/mol. The first-order valence-corrected chi connectivity index (χ1v) is 6.23. The number of amides is 2. The second kappa shape index (κ2) is 6.23. The number of nitrogens with one attached hydrogen (secondary N) is 2. The summed E-state index contributed by atoms with van der Waals surface area (Å²) >= 11 is 0. The Morgan fingerprint density at radius 1 is 1.53 bits per heavy atom. The van der Waals surface area contributed by atoms with Gasteiger partial charge < -0.3 is 16.0 Å². The Hall–Kier alpha value is -2.03. The van der Waals surface area contributed by atoms with Gasteiger partial charge in [-0.15, -0.1) is 10.2 Å². The molecule has 1 aromatic rings. The van der Waals surface area contributed by atoms with Gasteiger partial charge in [0.25, 0.3) is 11.7 Å². The van der Waals surface area contributed by atoms with Gasteiger partial charge in [0.05, 0.1) is 5.92 Å². The van der Waals surface area contributed by atoms with Crippen LogP contribution in [0.1, 0.15) is 23.5 Å². The predicted octanol–water partition coefficient (Wildman–Crippen LogP) is -1.87. The lowest BCUT2D eigenvalue weighted by atomic mass is 9.97. The van der Waals surface area contributed by atoms with E-state index in [1.807, 2.05) is 0 Å².